The van der Waals surface area contributed by atoms with Gasteiger partial charge in [0.05, 0.1) is 6.04 Å². The summed E-state index contributed by atoms with van der Waals surface area (Å²) in [5.41, 5.74) is -0.927. The van der Waals surface area contributed by atoms with Gasteiger partial charge in [0.1, 0.15) is 22.8 Å². The number of hydrogen-bond donors (Lipinski definition) is 3. The largest absolute Gasteiger partial charge is 0.482 e. The fourth-order valence-electron chi connectivity index (χ4n) is 5.32. The molecule has 1 saturated heterocycles. The number of piperidine rings is 1. The number of halogens is 4. The van der Waals surface area contributed by atoms with Crippen molar-refractivity contribution in [3.05, 3.63) is 93.0 Å². The second kappa shape index (κ2) is 9.32. The zero-order valence-electron chi connectivity index (χ0n) is 18.9. The van der Waals surface area contributed by atoms with E-state index in [0.29, 0.717) is 16.3 Å². The molecule has 3 aromatic carbocycles. The number of hydrogen-bond acceptors (Lipinski definition) is 4. The molecular weight excluding hydrogens is 529 g/mol. The molecule has 2 aliphatic heterocycles. The van der Waals surface area contributed by atoms with Crippen molar-refractivity contribution in [2.75, 3.05) is 11.9 Å². The fourth-order valence-corrected chi connectivity index (χ4v) is 5.67. The SMILES string of the molecule is O=C(O)COc1ccc(Cl)cc1[C@H]1CC(=O)NC(c2cc(F)ccc2F)[C@]12C(=O)Nc1cc(Cl)ccc12. The minimum Gasteiger partial charge on any atom is -0.482 e. The number of benzene rings is 3. The Morgan fingerprint density at radius 2 is 1.76 bits per heavy atom. The summed E-state index contributed by atoms with van der Waals surface area (Å²) < 4.78 is 35.0. The Labute approximate surface area is 219 Å². The molecule has 0 saturated carbocycles. The van der Waals surface area contributed by atoms with E-state index in [0.717, 1.165) is 18.2 Å². The average molecular weight is 547 g/mol. The molecule has 0 aromatic heterocycles. The van der Waals surface area contributed by atoms with E-state index in [1.54, 1.807) is 12.1 Å². The van der Waals surface area contributed by atoms with Crippen molar-refractivity contribution in [2.24, 2.45) is 0 Å². The Kier molecular flexibility index (Phi) is 6.29. The summed E-state index contributed by atoms with van der Waals surface area (Å²) in [5, 5.41) is 15.2. The molecule has 2 amide bonds. The summed E-state index contributed by atoms with van der Waals surface area (Å²) in [5.74, 6) is -4.88. The van der Waals surface area contributed by atoms with Crippen molar-refractivity contribution in [2.45, 2.75) is 23.8 Å². The van der Waals surface area contributed by atoms with E-state index in [1.807, 2.05) is 0 Å². The van der Waals surface area contributed by atoms with Gasteiger partial charge >= 0.3 is 5.97 Å². The highest BCUT2D eigenvalue weighted by molar-refractivity contribution is 6.31. The highest BCUT2D eigenvalue weighted by Gasteiger charge is 2.62. The number of carboxylic acid groups (broad SMARTS) is 1. The number of aliphatic carboxylic acids is 1. The van der Waals surface area contributed by atoms with Gasteiger partial charge in [-0.15, -0.1) is 0 Å². The molecule has 190 valence electrons. The van der Waals surface area contributed by atoms with Gasteiger partial charge in [-0.25, -0.2) is 13.6 Å². The lowest BCUT2D eigenvalue weighted by atomic mass is 9.59. The Morgan fingerprint density at radius 1 is 1.03 bits per heavy atom. The van der Waals surface area contributed by atoms with Crippen molar-refractivity contribution in [3.8, 4) is 5.75 Å². The first-order valence-electron chi connectivity index (χ1n) is 11.1. The number of carboxylic acids is 1. The molecule has 0 bridgehead atoms. The van der Waals surface area contributed by atoms with Gasteiger partial charge in [0, 0.05) is 39.2 Å². The zero-order chi connectivity index (χ0) is 26.5. The topological polar surface area (TPSA) is 105 Å². The number of nitrogens with one attached hydrogen (secondary N) is 2. The fraction of sp³-hybridized carbons (Fsp3) is 0.192. The summed E-state index contributed by atoms with van der Waals surface area (Å²) in [6.45, 7) is -0.694. The predicted molar refractivity (Wildman–Crippen MR) is 131 cm³/mol. The van der Waals surface area contributed by atoms with Crippen molar-refractivity contribution in [1.82, 2.24) is 5.32 Å². The van der Waals surface area contributed by atoms with Crippen LogP contribution in [0.3, 0.4) is 0 Å². The summed E-state index contributed by atoms with van der Waals surface area (Å²) in [6, 6.07) is 10.5. The molecule has 2 aliphatic rings. The first-order valence-corrected chi connectivity index (χ1v) is 11.9. The van der Waals surface area contributed by atoms with Gasteiger partial charge in [0.2, 0.25) is 11.8 Å². The third kappa shape index (κ3) is 4.18. The Hall–Kier alpha value is -3.69. The Morgan fingerprint density at radius 3 is 2.51 bits per heavy atom. The van der Waals surface area contributed by atoms with Crippen LogP contribution in [0.4, 0.5) is 14.5 Å². The van der Waals surface area contributed by atoms with Gasteiger partial charge in [-0.3, -0.25) is 9.59 Å². The molecule has 0 radical (unpaired) electrons. The minimum atomic E-state index is -1.70. The Bertz CT molecular complexity index is 1470. The molecule has 1 spiro atoms. The lowest BCUT2D eigenvalue weighted by molar-refractivity contribution is -0.139. The van der Waals surface area contributed by atoms with Crippen LogP contribution in [0, 0.1) is 11.6 Å². The maximum Gasteiger partial charge on any atom is 0.341 e. The van der Waals surface area contributed by atoms with Crippen molar-refractivity contribution >= 4 is 46.7 Å². The van der Waals surface area contributed by atoms with Gasteiger partial charge in [0.25, 0.3) is 0 Å². The lowest BCUT2D eigenvalue weighted by Crippen LogP contribution is -2.57. The summed E-state index contributed by atoms with van der Waals surface area (Å²) in [4.78, 5) is 38.2. The molecule has 3 N–H and O–H groups in total. The number of amides is 2. The van der Waals surface area contributed by atoms with E-state index in [2.05, 4.69) is 10.6 Å². The van der Waals surface area contributed by atoms with E-state index in [9.17, 15) is 18.8 Å². The van der Waals surface area contributed by atoms with E-state index < -0.39 is 53.4 Å². The van der Waals surface area contributed by atoms with Crippen LogP contribution in [0.15, 0.2) is 54.6 Å². The van der Waals surface area contributed by atoms with Gasteiger partial charge in [-0.2, -0.15) is 0 Å². The molecule has 3 atom stereocenters. The van der Waals surface area contributed by atoms with Crippen LogP contribution in [-0.4, -0.2) is 29.5 Å². The van der Waals surface area contributed by atoms with Crippen LogP contribution in [0.1, 0.15) is 35.1 Å². The number of carbonyl (C=O) groups is 3. The number of ether oxygens (including phenoxy) is 1. The number of fused-ring (bicyclic) bond motifs is 2. The first kappa shape index (κ1) is 25.0. The van der Waals surface area contributed by atoms with Crippen LogP contribution in [0.5, 0.6) is 5.75 Å². The molecule has 37 heavy (non-hydrogen) atoms. The summed E-state index contributed by atoms with van der Waals surface area (Å²) in [6.07, 6.45) is -0.257. The van der Waals surface area contributed by atoms with Crippen molar-refractivity contribution < 1.29 is 33.0 Å². The molecule has 7 nitrogen and oxygen atoms in total. The number of carbonyl (C=O) groups excluding carboxylic acids is 2. The van der Waals surface area contributed by atoms with Crippen LogP contribution in [0.2, 0.25) is 10.0 Å². The van der Waals surface area contributed by atoms with Crippen LogP contribution >= 0.6 is 23.2 Å². The van der Waals surface area contributed by atoms with Gasteiger partial charge in [-0.05, 0) is 54.1 Å². The quantitative estimate of drug-likeness (QED) is 0.419. The summed E-state index contributed by atoms with van der Waals surface area (Å²) >= 11 is 12.5. The standard InChI is InChI=1S/C26H18Cl2F2N2O5/c27-12-2-6-21(37-11-23(34)35)15(7-12)18-10-22(33)32-24(16-9-14(29)3-5-19(16)30)26(18)17-4-1-13(28)8-20(17)31-25(26)36/h1-9,18,24H,10-11H2,(H,31,36)(H,32,33)(H,34,35)/t18-,24?,26-/m1/s1. The molecule has 11 heteroatoms. The maximum absolute atomic E-state index is 15.2. The van der Waals surface area contributed by atoms with Crippen LogP contribution in [-0.2, 0) is 19.8 Å². The maximum atomic E-state index is 15.2. The first-order chi connectivity index (χ1) is 17.6. The molecule has 2 heterocycles. The minimum absolute atomic E-state index is 0.0829. The van der Waals surface area contributed by atoms with E-state index in [-0.39, 0.29) is 28.3 Å². The molecule has 5 rings (SSSR count). The summed E-state index contributed by atoms with van der Waals surface area (Å²) in [7, 11) is 0. The highest BCUT2D eigenvalue weighted by Crippen LogP contribution is 2.59. The highest BCUT2D eigenvalue weighted by atomic mass is 35.5. The van der Waals surface area contributed by atoms with Crippen molar-refractivity contribution in [1.29, 1.82) is 0 Å². The third-order valence-corrected chi connectivity index (χ3v) is 7.19. The lowest BCUT2D eigenvalue weighted by Gasteiger charge is -2.46. The zero-order valence-corrected chi connectivity index (χ0v) is 20.4. The third-order valence-electron chi connectivity index (χ3n) is 6.72. The van der Waals surface area contributed by atoms with E-state index >= 15 is 4.39 Å². The molecule has 1 unspecified atom stereocenters. The molecule has 0 aliphatic carbocycles. The Balaban J connectivity index is 1.81. The average Bonchev–Trinajstić information content (AvgIpc) is 3.12. The number of rotatable bonds is 5. The smallest absolute Gasteiger partial charge is 0.341 e. The van der Waals surface area contributed by atoms with Crippen LogP contribution in [0.25, 0.3) is 0 Å². The second-order valence-corrected chi connectivity index (χ2v) is 9.67. The van der Waals surface area contributed by atoms with Crippen molar-refractivity contribution in [3.63, 3.8) is 0 Å². The van der Waals surface area contributed by atoms with Crippen LogP contribution < -0.4 is 15.4 Å². The monoisotopic (exact) mass is 546 g/mol. The second-order valence-electron chi connectivity index (χ2n) is 8.80. The van der Waals surface area contributed by atoms with E-state index in [4.69, 9.17) is 33.0 Å². The van der Waals surface area contributed by atoms with Gasteiger partial charge < -0.3 is 20.5 Å². The molecular formula is C26H18Cl2F2N2O5. The van der Waals surface area contributed by atoms with Gasteiger partial charge in [0.15, 0.2) is 6.61 Å². The molecule has 1 fully saturated rings. The number of anilines is 1. The normalized spacial score (nSPS) is 22.4. The van der Waals surface area contributed by atoms with E-state index in [1.165, 1.54) is 24.3 Å². The molecule has 3 aromatic rings. The van der Waals surface area contributed by atoms with Gasteiger partial charge in [-0.1, -0.05) is 29.3 Å². The predicted octanol–water partition coefficient (Wildman–Crippen LogP) is 4.97.